The number of benzene rings is 1. The van der Waals surface area contributed by atoms with Crippen LogP contribution in [0, 0.1) is 13.7 Å². The van der Waals surface area contributed by atoms with Gasteiger partial charge in [0.1, 0.15) is 6.33 Å². The van der Waals surface area contributed by atoms with Crippen molar-refractivity contribution in [2.45, 2.75) is 13.0 Å². The van der Waals surface area contributed by atoms with Gasteiger partial charge in [-0.1, -0.05) is 0 Å². The molecular formula is C14H16IN5O3. The van der Waals surface area contributed by atoms with E-state index in [1.807, 2.05) is 31.2 Å². The molecule has 0 radical (unpaired) electrons. The van der Waals surface area contributed by atoms with Crippen LogP contribution in [0.2, 0.25) is 0 Å². The molecule has 2 rings (SSSR count). The molecule has 9 heteroatoms. The average Bonchev–Trinajstić information content (AvgIpc) is 2.49. The predicted octanol–water partition coefficient (Wildman–Crippen LogP) is 3.18. The van der Waals surface area contributed by atoms with Gasteiger partial charge in [-0.2, -0.15) is 0 Å². The first-order valence-electron chi connectivity index (χ1n) is 6.78. The minimum absolute atomic E-state index is 0.125. The van der Waals surface area contributed by atoms with E-state index in [0.717, 1.165) is 3.57 Å². The highest BCUT2D eigenvalue weighted by molar-refractivity contribution is 14.1. The maximum atomic E-state index is 11.4. The van der Waals surface area contributed by atoms with Crippen LogP contribution < -0.4 is 10.6 Å². The third-order valence-electron chi connectivity index (χ3n) is 2.91. The van der Waals surface area contributed by atoms with Crippen molar-refractivity contribution in [3.05, 3.63) is 44.3 Å². The first kappa shape index (κ1) is 17.3. The summed E-state index contributed by atoms with van der Waals surface area (Å²) in [5.41, 5.74) is 0.511. The van der Waals surface area contributed by atoms with E-state index in [4.69, 9.17) is 4.74 Å². The van der Waals surface area contributed by atoms with Crippen LogP contribution in [0.25, 0.3) is 0 Å². The lowest BCUT2D eigenvalue weighted by atomic mass is 10.3. The van der Waals surface area contributed by atoms with E-state index < -0.39 is 4.92 Å². The van der Waals surface area contributed by atoms with E-state index in [-0.39, 0.29) is 23.4 Å². The van der Waals surface area contributed by atoms with Crippen molar-refractivity contribution in [1.82, 2.24) is 9.97 Å². The molecule has 0 amide bonds. The van der Waals surface area contributed by atoms with Crippen molar-refractivity contribution in [3.63, 3.8) is 0 Å². The predicted molar refractivity (Wildman–Crippen MR) is 96.1 cm³/mol. The molecular weight excluding hydrogens is 413 g/mol. The fourth-order valence-electron chi connectivity index (χ4n) is 1.94. The summed E-state index contributed by atoms with van der Waals surface area (Å²) in [7, 11) is 1.57. The van der Waals surface area contributed by atoms with E-state index >= 15 is 0 Å². The van der Waals surface area contributed by atoms with Crippen LogP contribution in [-0.4, -0.2) is 34.6 Å². The summed E-state index contributed by atoms with van der Waals surface area (Å²) < 4.78 is 6.09. The second kappa shape index (κ2) is 8.02. The number of nitrogens with zero attached hydrogens (tertiary/aromatic N) is 3. The molecule has 0 spiro atoms. The summed E-state index contributed by atoms with van der Waals surface area (Å²) in [6.07, 6.45) is 1.28. The molecule has 2 N–H and O–H groups in total. The number of hydrogen-bond donors (Lipinski definition) is 2. The van der Waals surface area contributed by atoms with Gasteiger partial charge < -0.3 is 15.4 Å². The maximum absolute atomic E-state index is 11.4. The number of nitrogens with one attached hydrogen (secondary N) is 2. The third-order valence-corrected chi connectivity index (χ3v) is 3.63. The molecule has 0 aliphatic carbocycles. The van der Waals surface area contributed by atoms with Gasteiger partial charge in [-0.15, -0.1) is 0 Å². The number of methoxy groups -OCH3 is 1. The molecule has 0 aliphatic heterocycles. The summed E-state index contributed by atoms with van der Waals surface area (Å²) >= 11 is 2.19. The molecule has 8 nitrogen and oxygen atoms in total. The smallest absolute Gasteiger partial charge is 0.353 e. The standard InChI is InChI=1S/C14H16IN5O3/c1-9(7-23-2)18-13-12(20(21)22)14(17-8-16-13)19-11-5-3-10(15)4-6-11/h3-6,8-9H,7H2,1-2H3,(H2,16,17,18,19). The van der Waals surface area contributed by atoms with E-state index in [1.54, 1.807) is 7.11 Å². The Hall–Kier alpha value is -2.01. The number of ether oxygens (including phenoxy) is 1. The quantitative estimate of drug-likeness (QED) is 0.396. The highest BCUT2D eigenvalue weighted by atomic mass is 127. The maximum Gasteiger partial charge on any atom is 0.353 e. The Morgan fingerprint density at radius 3 is 2.57 bits per heavy atom. The SMILES string of the molecule is COCC(C)Nc1ncnc(Nc2ccc(I)cc2)c1[N+](=O)[O-]. The molecule has 1 aromatic carbocycles. The number of hydrogen-bond acceptors (Lipinski definition) is 7. The first-order valence-corrected chi connectivity index (χ1v) is 7.86. The van der Waals surface area contributed by atoms with Crippen LogP contribution >= 0.6 is 22.6 Å². The van der Waals surface area contributed by atoms with Crippen molar-refractivity contribution < 1.29 is 9.66 Å². The highest BCUT2D eigenvalue weighted by Gasteiger charge is 2.24. The Bertz CT molecular complexity index is 681. The normalized spacial score (nSPS) is 11.8. The van der Waals surface area contributed by atoms with Crippen molar-refractivity contribution >= 4 is 45.6 Å². The zero-order valence-electron chi connectivity index (χ0n) is 12.6. The molecule has 0 saturated heterocycles. The zero-order chi connectivity index (χ0) is 16.8. The molecule has 2 aromatic rings. The van der Waals surface area contributed by atoms with Gasteiger partial charge in [0, 0.05) is 22.4 Å². The largest absolute Gasteiger partial charge is 0.383 e. The molecule has 0 fully saturated rings. The first-order chi connectivity index (χ1) is 11.0. The number of nitro groups is 1. The van der Waals surface area contributed by atoms with Gasteiger partial charge in [-0.05, 0) is 53.8 Å². The number of rotatable bonds is 7. The minimum Gasteiger partial charge on any atom is -0.383 e. The molecule has 1 unspecified atom stereocenters. The highest BCUT2D eigenvalue weighted by Crippen LogP contribution is 2.31. The summed E-state index contributed by atoms with van der Waals surface area (Å²) in [4.78, 5) is 18.9. The Labute approximate surface area is 147 Å². The topological polar surface area (TPSA) is 102 Å². The average molecular weight is 429 g/mol. The van der Waals surface area contributed by atoms with Crippen LogP contribution in [0.4, 0.5) is 23.0 Å². The summed E-state index contributed by atoms with van der Waals surface area (Å²) in [6, 6.07) is 7.33. The van der Waals surface area contributed by atoms with Gasteiger partial charge in [0.05, 0.1) is 11.5 Å². The van der Waals surface area contributed by atoms with E-state index in [1.165, 1.54) is 6.33 Å². The molecule has 1 aromatic heterocycles. The molecule has 0 aliphatic rings. The Kier molecular flexibility index (Phi) is 6.04. The summed E-state index contributed by atoms with van der Waals surface area (Å²) in [5, 5.41) is 17.4. The van der Waals surface area contributed by atoms with Crippen LogP contribution in [0.1, 0.15) is 6.92 Å². The second-order valence-electron chi connectivity index (χ2n) is 4.81. The summed E-state index contributed by atoms with van der Waals surface area (Å²) in [6.45, 7) is 2.25. The van der Waals surface area contributed by atoms with E-state index in [0.29, 0.717) is 12.3 Å². The van der Waals surface area contributed by atoms with Crippen LogP contribution in [0.15, 0.2) is 30.6 Å². The lowest BCUT2D eigenvalue weighted by Gasteiger charge is -2.14. The Morgan fingerprint density at radius 1 is 1.30 bits per heavy atom. The van der Waals surface area contributed by atoms with Gasteiger partial charge in [0.2, 0.25) is 11.6 Å². The van der Waals surface area contributed by atoms with Gasteiger partial charge in [0.15, 0.2) is 0 Å². The van der Waals surface area contributed by atoms with Crippen molar-refractivity contribution in [3.8, 4) is 0 Å². The van der Waals surface area contributed by atoms with E-state index in [2.05, 4.69) is 43.2 Å². The third kappa shape index (κ3) is 4.73. The van der Waals surface area contributed by atoms with Gasteiger partial charge in [-0.3, -0.25) is 10.1 Å². The van der Waals surface area contributed by atoms with Gasteiger partial charge in [-0.25, -0.2) is 9.97 Å². The van der Waals surface area contributed by atoms with Crippen LogP contribution in [0.3, 0.4) is 0 Å². The fraction of sp³-hybridized carbons (Fsp3) is 0.286. The molecule has 0 saturated carbocycles. The molecule has 23 heavy (non-hydrogen) atoms. The minimum atomic E-state index is -0.503. The lowest BCUT2D eigenvalue weighted by molar-refractivity contribution is -0.383. The van der Waals surface area contributed by atoms with Crippen molar-refractivity contribution in [2.75, 3.05) is 24.4 Å². The van der Waals surface area contributed by atoms with Gasteiger partial charge in [0.25, 0.3) is 0 Å². The number of anilines is 3. The number of halogens is 1. The second-order valence-corrected chi connectivity index (χ2v) is 6.05. The number of aromatic nitrogens is 2. The molecule has 0 bridgehead atoms. The van der Waals surface area contributed by atoms with E-state index in [9.17, 15) is 10.1 Å². The van der Waals surface area contributed by atoms with Crippen molar-refractivity contribution in [2.24, 2.45) is 0 Å². The Morgan fingerprint density at radius 2 is 1.96 bits per heavy atom. The zero-order valence-corrected chi connectivity index (χ0v) is 14.8. The summed E-state index contributed by atoms with van der Waals surface area (Å²) in [5.74, 6) is 0.292. The molecule has 1 atom stereocenters. The van der Waals surface area contributed by atoms with Crippen LogP contribution in [-0.2, 0) is 4.74 Å². The molecule has 1 heterocycles. The van der Waals surface area contributed by atoms with Crippen LogP contribution in [0.5, 0.6) is 0 Å². The monoisotopic (exact) mass is 429 g/mol. The fourth-order valence-corrected chi connectivity index (χ4v) is 2.30. The molecule has 122 valence electrons. The lowest BCUT2D eigenvalue weighted by Crippen LogP contribution is -2.22. The van der Waals surface area contributed by atoms with Gasteiger partial charge >= 0.3 is 5.69 Å². The van der Waals surface area contributed by atoms with Crippen molar-refractivity contribution in [1.29, 1.82) is 0 Å². The Balaban J connectivity index is 2.31.